The summed E-state index contributed by atoms with van der Waals surface area (Å²) in [5, 5.41) is 3.10. The molecule has 0 saturated heterocycles. The maximum absolute atomic E-state index is 12.6. The van der Waals surface area contributed by atoms with E-state index in [0.29, 0.717) is 0 Å². The lowest BCUT2D eigenvalue weighted by Crippen LogP contribution is -2.36. The molecule has 1 aromatic carbocycles. The number of rotatable bonds is 4. The Labute approximate surface area is 124 Å². The summed E-state index contributed by atoms with van der Waals surface area (Å²) in [6.45, 7) is 1.98. The van der Waals surface area contributed by atoms with Crippen LogP contribution in [0.15, 0.2) is 48.8 Å². The van der Waals surface area contributed by atoms with Crippen molar-refractivity contribution in [1.82, 2.24) is 10.3 Å². The number of pyridine rings is 1. The maximum Gasteiger partial charge on any atom is 0.231 e. The van der Waals surface area contributed by atoms with Crippen molar-refractivity contribution in [3.8, 4) is 0 Å². The van der Waals surface area contributed by atoms with Crippen molar-refractivity contribution in [1.29, 1.82) is 0 Å². The molecule has 0 bridgehead atoms. The summed E-state index contributed by atoms with van der Waals surface area (Å²) in [4.78, 5) is 16.7. The van der Waals surface area contributed by atoms with E-state index in [1.807, 2.05) is 43.3 Å². The van der Waals surface area contributed by atoms with E-state index in [9.17, 15) is 4.79 Å². The van der Waals surface area contributed by atoms with Crippen LogP contribution in [0.1, 0.15) is 36.9 Å². The Balaban J connectivity index is 1.75. The molecule has 108 valence electrons. The molecule has 1 amide bonds. The molecular formula is C17H19N3O. The third kappa shape index (κ3) is 2.61. The summed E-state index contributed by atoms with van der Waals surface area (Å²) in [6, 6.07) is 11.4. The molecule has 0 unspecified atom stereocenters. The second kappa shape index (κ2) is 5.20. The molecule has 3 N–H and O–H groups in total. The number of carbonyl (C=O) groups excluding carboxylic acids is 1. The number of benzene rings is 1. The van der Waals surface area contributed by atoms with E-state index >= 15 is 0 Å². The van der Waals surface area contributed by atoms with E-state index in [-0.39, 0.29) is 17.4 Å². The average Bonchev–Trinajstić information content (AvgIpc) is 3.30. The van der Waals surface area contributed by atoms with Gasteiger partial charge in [0.1, 0.15) is 0 Å². The molecular weight excluding hydrogens is 262 g/mol. The number of amides is 1. The lowest BCUT2D eigenvalue weighted by atomic mass is 9.94. The number of carbonyl (C=O) groups is 1. The van der Waals surface area contributed by atoms with Crippen LogP contribution in [-0.4, -0.2) is 10.9 Å². The second-order valence-corrected chi connectivity index (χ2v) is 5.69. The van der Waals surface area contributed by atoms with Gasteiger partial charge in [-0.25, -0.2) is 0 Å². The third-order valence-electron chi connectivity index (χ3n) is 4.18. The van der Waals surface area contributed by atoms with Crippen LogP contribution in [0.5, 0.6) is 0 Å². The summed E-state index contributed by atoms with van der Waals surface area (Å²) in [5.41, 5.74) is 8.13. The number of nitrogen functional groups attached to an aromatic ring is 1. The molecule has 0 aliphatic heterocycles. The van der Waals surface area contributed by atoms with Gasteiger partial charge >= 0.3 is 0 Å². The van der Waals surface area contributed by atoms with Gasteiger partial charge in [0.15, 0.2) is 0 Å². The minimum atomic E-state index is -0.371. The highest BCUT2D eigenvalue weighted by molar-refractivity contribution is 5.91. The molecule has 3 rings (SSSR count). The number of nitrogens with one attached hydrogen (secondary N) is 1. The minimum absolute atomic E-state index is 0.0440. The van der Waals surface area contributed by atoms with Crippen molar-refractivity contribution in [2.75, 3.05) is 5.73 Å². The van der Waals surface area contributed by atoms with Crippen molar-refractivity contribution in [2.24, 2.45) is 0 Å². The topological polar surface area (TPSA) is 68.0 Å². The summed E-state index contributed by atoms with van der Waals surface area (Å²) >= 11 is 0. The Hall–Kier alpha value is -2.36. The van der Waals surface area contributed by atoms with E-state index in [0.717, 1.165) is 29.7 Å². The second-order valence-electron chi connectivity index (χ2n) is 5.69. The molecule has 1 fully saturated rings. The summed E-state index contributed by atoms with van der Waals surface area (Å²) < 4.78 is 0. The van der Waals surface area contributed by atoms with Gasteiger partial charge in [-0.15, -0.1) is 0 Å². The van der Waals surface area contributed by atoms with Crippen molar-refractivity contribution in [3.05, 3.63) is 59.9 Å². The van der Waals surface area contributed by atoms with Gasteiger partial charge in [-0.05, 0) is 49.1 Å². The molecule has 1 atom stereocenters. The highest BCUT2D eigenvalue weighted by atomic mass is 16.2. The van der Waals surface area contributed by atoms with Crippen molar-refractivity contribution >= 4 is 11.6 Å². The van der Waals surface area contributed by atoms with E-state index in [1.165, 1.54) is 0 Å². The predicted molar refractivity (Wildman–Crippen MR) is 82.6 cm³/mol. The molecule has 1 heterocycles. The van der Waals surface area contributed by atoms with Crippen molar-refractivity contribution < 1.29 is 4.79 Å². The Bertz CT molecular complexity index is 633. The summed E-state index contributed by atoms with van der Waals surface area (Å²) in [7, 11) is 0. The van der Waals surface area contributed by atoms with Gasteiger partial charge in [-0.3, -0.25) is 9.78 Å². The zero-order chi connectivity index (χ0) is 14.9. The maximum atomic E-state index is 12.6. The number of aromatic nitrogens is 1. The van der Waals surface area contributed by atoms with Crippen LogP contribution in [0.25, 0.3) is 0 Å². The van der Waals surface area contributed by atoms with Crippen molar-refractivity contribution in [2.45, 2.75) is 31.2 Å². The number of hydrogen-bond acceptors (Lipinski definition) is 3. The fourth-order valence-electron chi connectivity index (χ4n) is 2.62. The van der Waals surface area contributed by atoms with Crippen LogP contribution in [0.4, 0.5) is 5.69 Å². The molecule has 1 saturated carbocycles. The predicted octanol–water partition coefficient (Wildman–Crippen LogP) is 2.57. The summed E-state index contributed by atoms with van der Waals surface area (Å²) in [5.74, 6) is 0.0867. The molecule has 1 aliphatic rings. The average molecular weight is 281 g/mol. The van der Waals surface area contributed by atoms with Crippen LogP contribution in [0.2, 0.25) is 0 Å². The molecule has 21 heavy (non-hydrogen) atoms. The van der Waals surface area contributed by atoms with Gasteiger partial charge < -0.3 is 11.1 Å². The minimum Gasteiger partial charge on any atom is -0.399 e. The van der Waals surface area contributed by atoms with E-state index < -0.39 is 0 Å². The van der Waals surface area contributed by atoms with Crippen LogP contribution in [0.3, 0.4) is 0 Å². The third-order valence-corrected chi connectivity index (χ3v) is 4.18. The number of nitrogens with two attached hydrogens (primary N) is 1. The molecule has 4 heteroatoms. The van der Waals surface area contributed by atoms with Gasteiger partial charge in [-0.2, -0.15) is 0 Å². The first-order chi connectivity index (χ1) is 10.1. The zero-order valence-electron chi connectivity index (χ0n) is 12.0. The standard InChI is InChI=1S/C17H19N3O/c1-12(13-3-2-10-19-11-13)20-16(21)17(8-9-17)14-4-6-15(18)7-5-14/h2-7,10-12H,8-9,18H2,1H3,(H,20,21)/t12-/m1/s1. The first-order valence-electron chi connectivity index (χ1n) is 7.19. The smallest absolute Gasteiger partial charge is 0.231 e. The normalized spacial score (nSPS) is 17.0. The molecule has 0 spiro atoms. The SMILES string of the molecule is C[C@@H](NC(=O)C1(c2ccc(N)cc2)CC1)c1cccnc1. The van der Waals surface area contributed by atoms with Crippen LogP contribution in [0, 0.1) is 0 Å². The Morgan fingerprint density at radius 1 is 1.29 bits per heavy atom. The fraction of sp³-hybridized carbons (Fsp3) is 0.294. The van der Waals surface area contributed by atoms with Crippen LogP contribution < -0.4 is 11.1 Å². The Morgan fingerprint density at radius 2 is 2.00 bits per heavy atom. The highest BCUT2D eigenvalue weighted by Crippen LogP contribution is 2.48. The Morgan fingerprint density at radius 3 is 2.57 bits per heavy atom. The van der Waals surface area contributed by atoms with Gasteiger partial charge in [0.25, 0.3) is 0 Å². The van der Waals surface area contributed by atoms with Gasteiger partial charge in [-0.1, -0.05) is 18.2 Å². The molecule has 1 aliphatic carbocycles. The number of nitrogens with zero attached hydrogens (tertiary/aromatic N) is 1. The molecule has 2 aromatic rings. The van der Waals surface area contributed by atoms with Gasteiger partial charge in [0.05, 0.1) is 11.5 Å². The lowest BCUT2D eigenvalue weighted by molar-refractivity contribution is -0.124. The number of hydrogen-bond donors (Lipinski definition) is 2. The van der Waals surface area contributed by atoms with Gasteiger partial charge in [0.2, 0.25) is 5.91 Å². The lowest BCUT2D eigenvalue weighted by Gasteiger charge is -2.20. The molecule has 0 radical (unpaired) electrons. The quantitative estimate of drug-likeness (QED) is 0.846. The molecule has 4 nitrogen and oxygen atoms in total. The molecule has 1 aromatic heterocycles. The fourth-order valence-corrected chi connectivity index (χ4v) is 2.62. The number of anilines is 1. The van der Waals surface area contributed by atoms with Crippen molar-refractivity contribution in [3.63, 3.8) is 0 Å². The van der Waals surface area contributed by atoms with E-state index in [4.69, 9.17) is 5.73 Å². The largest absolute Gasteiger partial charge is 0.399 e. The summed E-state index contributed by atoms with van der Waals surface area (Å²) in [6.07, 6.45) is 5.30. The zero-order valence-corrected chi connectivity index (χ0v) is 12.0. The van der Waals surface area contributed by atoms with Crippen LogP contribution >= 0.6 is 0 Å². The Kier molecular flexibility index (Phi) is 3.37. The van der Waals surface area contributed by atoms with E-state index in [2.05, 4.69) is 10.3 Å². The van der Waals surface area contributed by atoms with E-state index in [1.54, 1.807) is 12.4 Å². The highest BCUT2D eigenvalue weighted by Gasteiger charge is 2.51. The van der Waals surface area contributed by atoms with Crippen LogP contribution in [-0.2, 0) is 10.2 Å². The van der Waals surface area contributed by atoms with Gasteiger partial charge in [0, 0.05) is 18.1 Å². The monoisotopic (exact) mass is 281 g/mol. The first-order valence-corrected chi connectivity index (χ1v) is 7.19. The first kappa shape index (κ1) is 13.6.